The van der Waals surface area contributed by atoms with Crippen LogP contribution >= 0.6 is 0 Å². The van der Waals surface area contributed by atoms with Gasteiger partial charge < -0.3 is 18.6 Å². The van der Waals surface area contributed by atoms with Gasteiger partial charge >= 0.3 is 313 Å². The molecule has 0 atom stereocenters. The summed E-state index contributed by atoms with van der Waals surface area (Å²) in [4.78, 5) is 9.84. The van der Waals surface area contributed by atoms with E-state index in [0.29, 0.717) is 0 Å². The van der Waals surface area contributed by atoms with Crippen LogP contribution < -0.4 is 19.6 Å². The summed E-state index contributed by atoms with van der Waals surface area (Å²) in [5.41, 5.74) is 21.3. The van der Waals surface area contributed by atoms with Crippen molar-refractivity contribution >= 4 is 167 Å². The van der Waals surface area contributed by atoms with Gasteiger partial charge in [-0.2, -0.15) is 0 Å². The molecule has 5 heterocycles. The fraction of sp³-hybridized carbons (Fsp3) is 0. The van der Waals surface area contributed by atoms with Crippen molar-refractivity contribution in [1.82, 2.24) is 0 Å². The van der Waals surface area contributed by atoms with Gasteiger partial charge in [0.25, 0.3) is 0 Å². The van der Waals surface area contributed by atoms with Crippen molar-refractivity contribution < 1.29 is 8.83 Å². The minimum Gasteiger partial charge on any atom is -0.0602 e. The fourth-order valence-corrected chi connectivity index (χ4v) is 16.6. The number of benzene rings is 14. The monoisotopic (exact) mass is 1180 g/mol. The van der Waals surface area contributed by atoms with Crippen LogP contribution in [0.3, 0.4) is 0 Å². The van der Waals surface area contributed by atoms with Gasteiger partial charge in [0.1, 0.15) is 16.7 Å². The largest absolute Gasteiger partial charge is 0.0703 e. The van der Waals surface area contributed by atoms with Crippen LogP contribution in [-0.4, -0.2) is 14.5 Å². The minimum absolute atomic E-state index is 0.140. The van der Waals surface area contributed by atoms with Crippen molar-refractivity contribution in [3.8, 4) is 22.3 Å². The summed E-state index contributed by atoms with van der Waals surface area (Å²) in [6.07, 6.45) is 0. The maximum atomic E-state index is 6.56. The maximum Gasteiger partial charge on any atom is 0.0703 e. The summed E-state index contributed by atoms with van der Waals surface area (Å²) in [7, 11) is 0. The Balaban J connectivity index is 0.920. The molecule has 0 N–H and O–H groups in total. The molecule has 0 bridgehead atoms. The van der Waals surface area contributed by atoms with Gasteiger partial charge in [0, 0.05) is 11.1 Å². The second-order valence-electron chi connectivity index (χ2n) is 22.7. The van der Waals surface area contributed by atoms with Crippen molar-refractivity contribution in [2.75, 3.05) is 19.6 Å². The normalized spacial score (nSPS) is 13.0. The topological polar surface area (TPSA) is 39.2 Å². The number of nitrogens with zero attached hydrogens (tertiary/aromatic N) is 4. The van der Waals surface area contributed by atoms with Crippen molar-refractivity contribution in [1.29, 1.82) is 0 Å². The molecule has 19 rings (SSSR count). The van der Waals surface area contributed by atoms with Crippen molar-refractivity contribution in [3.63, 3.8) is 0 Å². The summed E-state index contributed by atoms with van der Waals surface area (Å²) in [5, 5.41) is 11.6. The molecule has 406 valence electrons. The summed E-state index contributed by atoms with van der Waals surface area (Å²) in [6, 6.07) is 107. The van der Waals surface area contributed by atoms with Crippen molar-refractivity contribution in [2.45, 2.75) is 0 Å². The molecule has 0 amide bonds. The molecule has 0 unspecified atom stereocenters. The zero-order valence-corrected chi connectivity index (χ0v) is 48.4. The minimum atomic E-state index is 0.140. The maximum absolute atomic E-state index is 6.56. The third kappa shape index (κ3) is 7.22. The molecule has 0 fully saturated rings. The Morgan fingerprint density at radius 1 is 0.207 bits per heavy atom. The summed E-state index contributed by atoms with van der Waals surface area (Å²) < 4.78 is 15.9. The van der Waals surface area contributed by atoms with Crippen LogP contribution in [-0.2, 0) is 0 Å². The summed E-state index contributed by atoms with van der Waals surface area (Å²) in [5.74, 6) is 0. The van der Waals surface area contributed by atoms with Crippen LogP contribution in [0.4, 0.5) is 68.2 Å². The first kappa shape index (κ1) is 48.3. The molecule has 0 saturated carbocycles. The molecular formula is C80H48N4O2Se. The molecule has 2 aliphatic heterocycles. The van der Waals surface area contributed by atoms with E-state index in [0.717, 1.165) is 156 Å². The Morgan fingerprint density at radius 3 is 1.08 bits per heavy atom. The smallest absolute Gasteiger partial charge is 0.0602 e. The molecule has 0 saturated heterocycles. The first-order valence-corrected chi connectivity index (χ1v) is 31.3. The molecular weight excluding hydrogens is 1130 g/mol. The van der Waals surface area contributed by atoms with Gasteiger partial charge in [-0.25, -0.2) is 0 Å². The van der Waals surface area contributed by atoms with Crippen molar-refractivity contribution in [3.05, 3.63) is 291 Å². The standard InChI is InChI=1S/C80H48N4O2Se/c1-3-19-51(20-4-1)81-65-26-10-13-29-68(65)83(69-30-14-11-27-66(69)81)53-37-39-58-63(45-53)79(49-35-41-75-60(43-49)55-23-7-16-32-73(55)85-75)59-40-38-54(46-64(59)80(58)50-36-42-76-61(44-50)56-24-8-17-33-74(56)86-76)84-70-31-15-12-28-67(70)82(52-21-5-2-6-22-52)71-47-62-57-25-9-18-34-77(57)87-78(62)48-72(71)84/h1-48H. The molecule has 0 spiro atoms. The second-order valence-corrected chi connectivity index (χ2v) is 25.0. The van der Waals surface area contributed by atoms with Gasteiger partial charge in [-0.05, 0) is 48.5 Å². The number of hydrogen-bond acceptors (Lipinski definition) is 6. The van der Waals surface area contributed by atoms with E-state index < -0.39 is 0 Å². The van der Waals surface area contributed by atoms with E-state index in [-0.39, 0.29) is 14.5 Å². The Hall–Kier alpha value is -11.1. The third-order valence-corrected chi connectivity index (χ3v) is 20.4. The number of rotatable bonds is 6. The summed E-state index contributed by atoms with van der Waals surface area (Å²) in [6.45, 7) is 0. The van der Waals surface area contributed by atoms with Gasteiger partial charge in [0.2, 0.25) is 0 Å². The van der Waals surface area contributed by atoms with E-state index in [1.54, 1.807) is 0 Å². The van der Waals surface area contributed by atoms with Gasteiger partial charge in [-0.3, -0.25) is 0 Å². The van der Waals surface area contributed by atoms with Crippen LogP contribution in [0.5, 0.6) is 0 Å². The number of furan rings is 2. The van der Waals surface area contributed by atoms with Gasteiger partial charge in [0.05, 0.1) is 22.7 Å². The summed E-state index contributed by atoms with van der Waals surface area (Å²) >= 11 is 0.140. The zero-order valence-electron chi connectivity index (χ0n) is 46.7. The van der Waals surface area contributed by atoms with E-state index in [4.69, 9.17) is 8.83 Å². The van der Waals surface area contributed by atoms with Crippen LogP contribution in [0, 0.1) is 0 Å². The van der Waals surface area contributed by atoms with Crippen LogP contribution in [0.1, 0.15) is 0 Å². The van der Waals surface area contributed by atoms with Crippen molar-refractivity contribution in [2.24, 2.45) is 0 Å². The molecule has 0 radical (unpaired) electrons. The Bertz CT molecular complexity index is 5660. The van der Waals surface area contributed by atoms with E-state index in [9.17, 15) is 0 Å². The molecule has 0 aliphatic carbocycles. The second kappa shape index (κ2) is 18.7. The van der Waals surface area contributed by atoms with E-state index in [1.165, 1.54) is 19.3 Å². The number of fused-ring (bicyclic) bond motifs is 15. The number of hydrogen-bond donors (Lipinski definition) is 0. The van der Waals surface area contributed by atoms with Gasteiger partial charge in [-0.15, -0.1) is 0 Å². The fourth-order valence-electron chi connectivity index (χ4n) is 14.3. The Kier molecular flexibility index (Phi) is 10.4. The van der Waals surface area contributed by atoms with E-state index in [1.807, 2.05) is 0 Å². The van der Waals surface area contributed by atoms with Crippen LogP contribution in [0.25, 0.3) is 107 Å². The average Bonchev–Trinajstić information content (AvgIpc) is 1.91. The Morgan fingerprint density at radius 2 is 0.586 bits per heavy atom. The predicted octanol–water partition coefficient (Wildman–Crippen LogP) is 23.0. The first-order valence-electron chi connectivity index (χ1n) is 29.6. The van der Waals surface area contributed by atoms with Gasteiger partial charge in [0.15, 0.2) is 0 Å². The average molecular weight is 1180 g/mol. The molecule has 6 nitrogen and oxygen atoms in total. The Labute approximate surface area is 506 Å². The molecule has 14 aromatic carbocycles. The molecule has 7 heteroatoms. The predicted molar refractivity (Wildman–Crippen MR) is 365 cm³/mol. The SMILES string of the molecule is c1ccc(N2c3ccccc3N(c3ccc4c(-c5ccc6oc7ccccc7c6c5)c5cc(N6c7ccccc7N(c7ccccc7)c7cc8c(cc76)[se]c6ccccc68)ccc5c(-c5ccc6oc7ccccc7c6c5)c4c3)c3ccccc32)cc1. The molecule has 3 aromatic heterocycles. The molecule has 87 heavy (non-hydrogen) atoms. The number of para-hydroxylation sites is 10. The zero-order chi connectivity index (χ0) is 56.8. The number of anilines is 12. The first-order chi connectivity index (χ1) is 43.1. The quantitative estimate of drug-likeness (QED) is 0.122. The molecule has 17 aromatic rings. The molecule has 2 aliphatic rings. The van der Waals surface area contributed by atoms with Crippen LogP contribution in [0.2, 0.25) is 0 Å². The van der Waals surface area contributed by atoms with Gasteiger partial charge in [-0.1, -0.05) is 78.9 Å². The van der Waals surface area contributed by atoms with E-state index in [2.05, 4.69) is 311 Å². The van der Waals surface area contributed by atoms with E-state index >= 15 is 0 Å². The van der Waals surface area contributed by atoms with Crippen LogP contribution in [0.15, 0.2) is 300 Å². The third-order valence-electron chi connectivity index (χ3n) is 18.0.